The van der Waals surface area contributed by atoms with E-state index in [4.69, 9.17) is 10.2 Å². The van der Waals surface area contributed by atoms with Gasteiger partial charge in [-0.2, -0.15) is 0 Å². The molecule has 2 N–H and O–H groups in total. The van der Waals surface area contributed by atoms with Gasteiger partial charge < -0.3 is 19.7 Å². The molecule has 0 aliphatic carbocycles. The van der Waals surface area contributed by atoms with Crippen molar-refractivity contribution in [1.82, 2.24) is 4.98 Å². The van der Waals surface area contributed by atoms with Gasteiger partial charge in [0.05, 0.1) is 5.52 Å². The van der Waals surface area contributed by atoms with Crippen LogP contribution >= 0.6 is 0 Å². The summed E-state index contributed by atoms with van der Waals surface area (Å²) in [4.78, 5) is 25.9. The van der Waals surface area contributed by atoms with Crippen LogP contribution in [0.15, 0.2) is 42.5 Å². The Morgan fingerprint density at radius 1 is 0.909 bits per heavy atom. The molecule has 1 heterocycles. The summed E-state index contributed by atoms with van der Waals surface area (Å²) < 4.78 is 9.23. The summed E-state index contributed by atoms with van der Waals surface area (Å²) in [6, 6.07) is 12.0. The minimum Gasteiger partial charge on any atom is -0.449 e. The molecule has 0 aliphatic rings. The van der Waals surface area contributed by atoms with E-state index in [9.17, 15) is 9.59 Å². The summed E-state index contributed by atoms with van der Waals surface area (Å²) in [5.74, 6) is -0.483. The van der Waals surface area contributed by atoms with Crippen molar-refractivity contribution in [3.8, 4) is 11.5 Å². The molecule has 0 bridgehead atoms. The van der Waals surface area contributed by atoms with E-state index < -0.39 is 12.3 Å². The van der Waals surface area contributed by atoms with Crippen LogP contribution in [0.25, 0.3) is 21.8 Å². The Morgan fingerprint density at radius 3 is 2.36 bits per heavy atom. The van der Waals surface area contributed by atoms with Crippen molar-refractivity contribution in [1.29, 1.82) is 0 Å². The van der Waals surface area contributed by atoms with Gasteiger partial charge in [-0.1, -0.05) is 18.2 Å². The number of aromatic nitrogens is 1. The average molecular weight is 299 g/mol. The molecular formula is C15H9NO6. The third-order valence-corrected chi connectivity index (χ3v) is 2.99. The molecule has 3 aromatic rings. The largest absolute Gasteiger partial charge is 0.511 e. The minimum atomic E-state index is -1.59. The first-order chi connectivity index (χ1) is 10.5. The lowest BCUT2D eigenvalue weighted by Gasteiger charge is -2.10. The third-order valence-electron chi connectivity index (χ3n) is 2.99. The molecule has 0 fully saturated rings. The Morgan fingerprint density at radius 2 is 1.64 bits per heavy atom. The molecule has 7 nitrogen and oxygen atoms in total. The normalized spacial score (nSPS) is 10.5. The van der Waals surface area contributed by atoms with Crippen molar-refractivity contribution in [3.05, 3.63) is 42.5 Å². The second-order valence-electron chi connectivity index (χ2n) is 4.38. The molecule has 0 amide bonds. The maximum atomic E-state index is 10.9. The minimum absolute atomic E-state index is 0.208. The van der Waals surface area contributed by atoms with E-state index in [1.54, 1.807) is 24.3 Å². The van der Waals surface area contributed by atoms with Crippen LogP contribution in [0.2, 0.25) is 0 Å². The number of hydrogen-bond acceptors (Lipinski definition) is 5. The monoisotopic (exact) mass is 299 g/mol. The van der Waals surface area contributed by atoms with Crippen molar-refractivity contribution >= 4 is 34.1 Å². The van der Waals surface area contributed by atoms with Gasteiger partial charge in [0.2, 0.25) is 5.75 Å². The molecule has 1 aromatic heterocycles. The van der Waals surface area contributed by atoms with Crippen LogP contribution in [0, 0.1) is 0 Å². The lowest BCUT2D eigenvalue weighted by atomic mass is 10.1. The zero-order valence-electron chi connectivity index (χ0n) is 11.0. The summed E-state index contributed by atoms with van der Waals surface area (Å²) in [6.07, 6.45) is -3.16. The Bertz CT molecular complexity index is 905. The van der Waals surface area contributed by atoms with Crippen molar-refractivity contribution in [2.75, 3.05) is 0 Å². The summed E-state index contributed by atoms with van der Waals surface area (Å²) in [7, 11) is 0. The highest BCUT2D eigenvalue weighted by Gasteiger charge is 2.18. The van der Waals surface area contributed by atoms with E-state index in [-0.39, 0.29) is 17.0 Å². The maximum absolute atomic E-state index is 10.9. The van der Waals surface area contributed by atoms with Crippen molar-refractivity contribution in [2.45, 2.75) is 0 Å². The molecule has 0 saturated heterocycles. The molecule has 0 aliphatic heterocycles. The maximum Gasteiger partial charge on any atom is 0.511 e. The smallest absolute Gasteiger partial charge is 0.449 e. The van der Waals surface area contributed by atoms with Gasteiger partial charge >= 0.3 is 12.3 Å². The number of carboxylic acid groups (broad SMARTS) is 2. The first kappa shape index (κ1) is 13.6. The predicted octanol–water partition coefficient (Wildman–Crippen LogP) is 3.50. The number of hydrogen-bond donors (Lipinski definition) is 2. The first-order valence-electron chi connectivity index (χ1n) is 6.18. The third kappa shape index (κ3) is 2.47. The molecule has 0 saturated carbocycles. The molecule has 0 spiro atoms. The van der Waals surface area contributed by atoms with Crippen LogP contribution in [0.4, 0.5) is 9.59 Å². The zero-order chi connectivity index (χ0) is 15.7. The molecule has 3 rings (SSSR count). The second-order valence-corrected chi connectivity index (χ2v) is 4.38. The van der Waals surface area contributed by atoms with Gasteiger partial charge in [0.1, 0.15) is 5.52 Å². The van der Waals surface area contributed by atoms with Crippen LogP contribution in [-0.2, 0) is 0 Å². The molecule has 0 atom stereocenters. The number of carbonyl (C=O) groups is 2. The summed E-state index contributed by atoms with van der Waals surface area (Å²) in [5.41, 5.74) is 0.831. The van der Waals surface area contributed by atoms with Crippen molar-refractivity contribution in [3.63, 3.8) is 0 Å². The number of fused-ring (bicyclic) bond motifs is 2. The van der Waals surface area contributed by atoms with E-state index in [2.05, 4.69) is 14.5 Å². The molecule has 7 heteroatoms. The second kappa shape index (κ2) is 5.21. The number of benzene rings is 2. The lowest BCUT2D eigenvalue weighted by Crippen LogP contribution is -2.09. The van der Waals surface area contributed by atoms with E-state index >= 15 is 0 Å². The van der Waals surface area contributed by atoms with Gasteiger partial charge in [-0.3, -0.25) is 0 Å². The molecule has 0 radical (unpaired) electrons. The lowest BCUT2D eigenvalue weighted by molar-refractivity contribution is 0.133. The number of para-hydroxylation sites is 1. The fraction of sp³-hybridized carbons (Fsp3) is 0. The van der Waals surface area contributed by atoms with Crippen LogP contribution in [0.1, 0.15) is 0 Å². The van der Waals surface area contributed by atoms with E-state index in [0.29, 0.717) is 10.9 Å². The summed E-state index contributed by atoms with van der Waals surface area (Å²) in [6.45, 7) is 0. The topological polar surface area (TPSA) is 106 Å². The zero-order valence-corrected chi connectivity index (χ0v) is 11.0. The van der Waals surface area contributed by atoms with E-state index in [0.717, 1.165) is 5.39 Å². The predicted molar refractivity (Wildman–Crippen MR) is 76.6 cm³/mol. The van der Waals surface area contributed by atoms with Gasteiger partial charge in [-0.05, 0) is 24.3 Å². The SMILES string of the molecule is O=C(O)Oc1ccc2cc3ccccc3nc2c1OC(=O)O. The van der Waals surface area contributed by atoms with E-state index in [1.807, 2.05) is 12.1 Å². The van der Waals surface area contributed by atoms with Crippen molar-refractivity contribution < 1.29 is 29.3 Å². The van der Waals surface area contributed by atoms with Crippen molar-refractivity contribution in [2.24, 2.45) is 0 Å². The highest BCUT2D eigenvalue weighted by Crippen LogP contribution is 2.36. The standard InChI is InChI=1S/C15H9NO6/c17-14(18)21-11-6-5-9-7-8-3-1-2-4-10(8)16-12(9)13(11)22-15(19)20/h1-7H,(H,17,18)(H,19,20). The highest BCUT2D eigenvalue weighted by atomic mass is 16.7. The number of ether oxygens (including phenoxy) is 2. The summed E-state index contributed by atoms with van der Waals surface area (Å²) in [5, 5.41) is 19.0. The molecule has 22 heavy (non-hydrogen) atoms. The fourth-order valence-electron chi connectivity index (χ4n) is 2.16. The molecule has 110 valence electrons. The average Bonchev–Trinajstić information content (AvgIpc) is 2.47. The highest BCUT2D eigenvalue weighted by molar-refractivity contribution is 5.97. The fourth-order valence-corrected chi connectivity index (χ4v) is 2.16. The molecule has 0 unspecified atom stereocenters. The number of nitrogens with zero attached hydrogens (tertiary/aromatic N) is 1. The summed E-state index contributed by atoms with van der Waals surface area (Å²) >= 11 is 0. The molecular weight excluding hydrogens is 290 g/mol. The number of rotatable bonds is 2. The van der Waals surface area contributed by atoms with Gasteiger partial charge in [-0.15, -0.1) is 0 Å². The van der Waals surface area contributed by atoms with Gasteiger partial charge in [-0.25, -0.2) is 14.6 Å². The van der Waals surface area contributed by atoms with Crippen LogP contribution in [-0.4, -0.2) is 27.5 Å². The van der Waals surface area contributed by atoms with E-state index in [1.165, 1.54) is 6.07 Å². The molecule has 2 aromatic carbocycles. The first-order valence-corrected chi connectivity index (χ1v) is 6.18. The van der Waals surface area contributed by atoms with Crippen LogP contribution < -0.4 is 9.47 Å². The Hall–Kier alpha value is -3.35. The quantitative estimate of drug-likeness (QED) is 0.423. The Labute approximate surface area is 123 Å². The number of pyridine rings is 1. The van der Waals surface area contributed by atoms with Crippen LogP contribution in [0.5, 0.6) is 11.5 Å². The van der Waals surface area contributed by atoms with Crippen LogP contribution in [0.3, 0.4) is 0 Å². The van der Waals surface area contributed by atoms with Gasteiger partial charge in [0, 0.05) is 10.8 Å². The Kier molecular flexibility index (Phi) is 3.23. The Balaban J connectivity index is 2.31. The van der Waals surface area contributed by atoms with Gasteiger partial charge in [0.25, 0.3) is 0 Å². The van der Waals surface area contributed by atoms with Gasteiger partial charge in [0.15, 0.2) is 5.75 Å².